The highest BCUT2D eigenvalue weighted by molar-refractivity contribution is 6.06. The minimum absolute atomic E-state index is 0.117. The fourth-order valence-corrected chi connectivity index (χ4v) is 4.95. The van der Waals surface area contributed by atoms with E-state index in [0.717, 1.165) is 40.3 Å². The van der Waals surface area contributed by atoms with Gasteiger partial charge in [0.2, 0.25) is 0 Å². The van der Waals surface area contributed by atoms with Crippen LogP contribution in [0.25, 0.3) is 44.7 Å². The lowest BCUT2D eigenvalue weighted by molar-refractivity contribution is 0.281. The average molecular weight is 524 g/mol. The summed E-state index contributed by atoms with van der Waals surface area (Å²) in [6, 6.07) is 21.2. The van der Waals surface area contributed by atoms with Crippen molar-refractivity contribution in [2.75, 3.05) is 6.61 Å². The van der Waals surface area contributed by atoms with Crippen molar-refractivity contribution in [1.82, 2.24) is 15.0 Å². The summed E-state index contributed by atoms with van der Waals surface area (Å²) in [5, 5.41) is 12.5. The van der Waals surface area contributed by atoms with E-state index < -0.39 is 0 Å². The minimum Gasteiger partial charge on any atom is -0.507 e. The standard InChI is InChI=1S/C33H37N3O3/c1-2-3-4-5-6-7-8-9-10-15-22-38-33-35-31(34-32(36-33)26-17-11-13-18-28(26)37)24-20-21-30-27(23-24)25-16-12-14-19-29(25)39-30/h11-14,16-21,23,37H,2-10,15,22H2,1H3. The Morgan fingerprint density at radius 1 is 0.667 bits per heavy atom. The van der Waals surface area contributed by atoms with Gasteiger partial charge in [-0.25, -0.2) is 4.98 Å². The number of hydrogen-bond acceptors (Lipinski definition) is 6. The summed E-state index contributed by atoms with van der Waals surface area (Å²) in [5.41, 5.74) is 3.03. The van der Waals surface area contributed by atoms with Gasteiger partial charge in [-0.3, -0.25) is 0 Å². The van der Waals surface area contributed by atoms with Crippen LogP contribution in [0.1, 0.15) is 71.1 Å². The van der Waals surface area contributed by atoms with Crippen LogP contribution in [0, 0.1) is 0 Å². The molecule has 2 aromatic heterocycles. The number of ether oxygens (including phenoxy) is 1. The highest BCUT2D eigenvalue weighted by Gasteiger charge is 2.15. The van der Waals surface area contributed by atoms with Gasteiger partial charge in [0.25, 0.3) is 0 Å². The van der Waals surface area contributed by atoms with Crippen molar-refractivity contribution in [3.63, 3.8) is 0 Å². The van der Waals surface area contributed by atoms with E-state index in [4.69, 9.17) is 14.1 Å². The van der Waals surface area contributed by atoms with Crippen molar-refractivity contribution < 1.29 is 14.3 Å². The normalized spacial score (nSPS) is 11.4. The SMILES string of the molecule is CCCCCCCCCCCCOc1nc(-c2ccc3oc4ccccc4c3c2)nc(-c2ccccc2O)n1. The maximum Gasteiger partial charge on any atom is 0.320 e. The van der Waals surface area contributed by atoms with Crippen molar-refractivity contribution >= 4 is 21.9 Å². The van der Waals surface area contributed by atoms with Gasteiger partial charge >= 0.3 is 6.01 Å². The zero-order valence-electron chi connectivity index (χ0n) is 22.7. The third kappa shape index (κ3) is 6.75. The summed E-state index contributed by atoms with van der Waals surface area (Å²) in [7, 11) is 0. The van der Waals surface area contributed by atoms with Gasteiger partial charge < -0.3 is 14.3 Å². The van der Waals surface area contributed by atoms with Crippen molar-refractivity contribution in [2.24, 2.45) is 0 Å². The van der Waals surface area contributed by atoms with E-state index in [1.54, 1.807) is 18.2 Å². The second kappa shape index (κ2) is 13.2. The number of rotatable bonds is 14. The molecule has 0 unspecified atom stereocenters. The maximum atomic E-state index is 10.5. The summed E-state index contributed by atoms with van der Waals surface area (Å²) in [4.78, 5) is 13.9. The third-order valence-corrected chi connectivity index (χ3v) is 7.12. The number of nitrogens with zero attached hydrogens (tertiary/aromatic N) is 3. The first-order valence-corrected chi connectivity index (χ1v) is 14.3. The summed E-state index contributed by atoms with van der Waals surface area (Å²) >= 11 is 0. The highest BCUT2D eigenvalue weighted by atomic mass is 16.5. The maximum absolute atomic E-state index is 10.5. The summed E-state index contributed by atoms with van der Waals surface area (Å²) in [6.45, 7) is 2.80. The van der Waals surface area contributed by atoms with Crippen molar-refractivity contribution in [3.8, 4) is 34.5 Å². The largest absolute Gasteiger partial charge is 0.507 e. The molecule has 5 aromatic rings. The number of hydrogen-bond donors (Lipinski definition) is 1. The number of aromatic nitrogens is 3. The highest BCUT2D eigenvalue weighted by Crippen LogP contribution is 2.33. The number of furan rings is 1. The first kappa shape index (κ1) is 26.7. The molecule has 0 aliphatic rings. The molecule has 39 heavy (non-hydrogen) atoms. The van der Waals surface area contributed by atoms with E-state index in [0.29, 0.717) is 23.8 Å². The molecule has 0 bridgehead atoms. The minimum atomic E-state index is 0.117. The lowest BCUT2D eigenvalue weighted by atomic mass is 10.1. The first-order valence-electron chi connectivity index (χ1n) is 14.3. The van der Waals surface area contributed by atoms with Crippen LogP contribution in [0.15, 0.2) is 71.1 Å². The van der Waals surface area contributed by atoms with Gasteiger partial charge in [0.15, 0.2) is 11.6 Å². The molecule has 0 saturated carbocycles. The molecule has 3 aromatic carbocycles. The fraction of sp³-hybridized carbons (Fsp3) is 0.364. The predicted molar refractivity (Wildman–Crippen MR) is 157 cm³/mol. The Balaban J connectivity index is 1.30. The number of phenols is 1. The van der Waals surface area contributed by atoms with Gasteiger partial charge in [0.1, 0.15) is 16.9 Å². The molecule has 2 heterocycles. The molecule has 5 rings (SSSR count). The summed E-state index contributed by atoms with van der Waals surface area (Å²) in [5.74, 6) is 0.994. The third-order valence-electron chi connectivity index (χ3n) is 7.12. The van der Waals surface area contributed by atoms with Crippen LogP contribution in [0.2, 0.25) is 0 Å². The van der Waals surface area contributed by atoms with Gasteiger partial charge in [-0.2, -0.15) is 9.97 Å². The smallest absolute Gasteiger partial charge is 0.320 e. The first-order chi connectivity index (χ1) is 19.2. The van der Waals surface area contributed by atoms with E-state index in [2.05, 4.69) is 16.9 Å². The Morgan fingerprint density at radius 2 is 1.33 bits per heavy atom. The van der Waals surface area contributed by atoms with Gasteiger partial charge in [-0.05, 0) is 42.8 Å². The van der Waals surface area contributed by atoms with Gasteiger partial charge in [-0.15, -0.1) is 0 Å². The molecule has 6 nitrogen and oxygen atoms in total. The Kier molecular flexibility index (Phi) is 9.05. The quantitative estimate of drug-likeness (QED) is 0.146. The lowest BCUT2D eigenvalue weighted by Gasteiger charge is -2.10. The average Bonchev–Trinajstić information content (AvgIpc) is 3.34. The molecule has 202 valence electrons. The van der Waals surface area contributed by atoms with Crippen LogP contribution in [-0.2, 0) is 0 Å². The van der Waals surface area contributed by atoms with Gasteiger partial charge in [-0.1, -0.05) is 95.0 Å². The van der Waals surface area contributed by atoms with E-state index in [1.807, 2.05) is 48.5 Å². The number of fused-ring (bicyclic) bond motifs is 3. The molecule has 0 amide bonds. The second-order valence-corrected chi connectivity index (χ2v) is 10.1. The zero-order valence-corrected chi connectivity index (χ0v) is 22.7. The Bertz CT molecular complexity index is 1510. The van der Waals surface area contributed by atoms with Crippen molar-refractivity contribution in [1.29, 1.82) is 0 Å². The van der Waals surface area contributed by atoms with Crippen LogP contribution < -0.4 is 4.74 Å². The van der Waals surface area contributed by atoms with Crippen LogP contribution in [-0.4, -0.2) is 26.7 Å². The van der Waals surface area contributed by atoms with E-state index in [1.165, 1.54) is 51.4 Å². The summed E-state index contributed by atoms with van der Waals surface area (Å²) < 4.78 is 12.0. The van der Waals surface area contributed by atoms with Crippen molar-refractivity contribution in [3.05, 3.63) is 66.7 Å². The zero-order chi connectivity index (χ0) is 26.9. The van der Waals surface area contributed by atoms with Crippen LogP contribution in [0.5, 0.6) is 11.8 Å². The van der Waals surface area contributed by atoms with Crippen LogP contribution >= 0.6 is 0 Å². The Hall–Kier alpha value is -3.93. The number of aromatic hydroxyl groups is 1. The van der Waals surface area contributed by atoms with E-state index in [-0.39, 0.29) is 11.8 Å². The topological polar surface area (TPSA) is 81.3 Å². The van der Waals surface area contributed by atoms with Crippen LogP contribution in [0.4, 0.5) is 0 Å². The van der Waals surface area contributed by atoms with Gasteiger partial charge in [0, 0.05) is 16.3 Å². The molecule has 6 heteroatoms. The molecule has 0 fully saturated rings. The molecule has 0 spiro atoms. The monoisotopic (exact) mass is 523 g/mol. The predicted octanol–water partition coefficient (Wildman–Crippen LogP) is 9.11. The van der Waals surface area contributed by atoms with Crippen molar-refractivity contribution in [2.45, 2.75) is 71.1 Å². The number of unbranched alkanes of at least 4 members (excludes halogenated alkanes) is 9. The van der Waals surface area contributed by atoms with E-state index in [9.17, 15) is 5.11 Å². The number of para-hydroxylation sites is 2. The summed E-state index contributed by atoms with van der Waals surface area (Å²) in [6.07, 6.45) is 12.6. The Labute approximate surface area is 230 Å². The van der Waals surface area contributed by atoms with Crippen LogP contribution in [0.3, 0.4) is 0 Å². The van der Waals surface area contributed by atoms with E-state index >= 15 is 0 Å². The lowest BCUT2D eigenvalue weighted by Crippen LogP contribution is -2.05. The Morgan fingerprint density at radius 3 is 2.13 bits per heavy atom. The second-order valence-electron chi connectivity index (χ2n) is 10.1. The number of phenolic OH excluding ortho intramolecular Hbond substituents is 1. The molecule has 0 saturated heterocycles. The molecule has 0 radical (unpaired) electrons. The molecule has 1 N–H and O–H groups in total. The molecular weight excluding hydrogens is 486 g/mol. The fourth-order valence-electron chi connectivity index (χ4n) is 4.95. The molecule has 0 aliphatic heterocycles. The molecule has 0 aliphatic carbocycles. The molecular formula is C33H37N3O3. The number of benzene rings is 3. The van der Waals surface area contributed by atoms with Gasteiger partial charge in [0.05, 0.1) is 12.2 Å². The molecule has 0 atom stereocenters.